The number of methoxy groups -OCH3 is 1. The zero-order valence-electron chi connectivity index (χ0n) is 12.9. The molecular formula is C16H26N2O2. The van der Waals surface area contributed by atoms with Crippen molar-refractivity contribution in [1.29, 1.82) is 0 Å². The normalized spacial score (nSPS) is 25.4. The van der Waals surface area contributed by atoms with Crippen LogP contribution in [-0.2, 0) is 0 Å². The molecular weight excluding hydrogens is 252 g/mol. The summed E-state index contributed by atoms with van der Waals surface area (Å²) >= 11 is 0. The Morgan fingerprint density at radius 2 is 1.95 bits per heavy atom. The molecule has 0 spiro atoms. The van der Waals surface area contributed by atoms with Crippen LogP contribution in [0, 0.1) is 0 Å². The van der Waals surface area contributed by atoms with E-state index < -0.39 is 0 Å². The van der Waals surface area contributed by atoms with Crippen LogP contribution in [0.4, 0.5) is 0 Å². The lowest BCUT2D eigenvalue weighted by atomic mass is 9.99. The lowest BCUT2D eigenvalue weighted by Gasteiger charge is -2.41. The fourth-order valence-corrected chi connectivity index (χ4v) is 2.99. The third-order valence-electron chi connectivity index (χ3n) is 4.24. The van der Waals surface area contributed by atoms with Gasteiger partial charge in [0.2, 0.25) is 0 Å². The molecule has 20 heavy (non-hydrogen) atoms. The van der Waals surface area contributed by atoms with Crippen molar-refractivity contribution in [1.82, 2.24) is 10.4 Å². The Labute approximate surface area is 121 Å². The molecule has 4 nitrogen and oxygen atoms in total. The maximum Gasteiger partial charge on any atom is 0.124 e. The van der Waals surface area contributed by atoms with Gasteiger partial charge in [-0.25, -0.2) is 10.4 Å². The molecule has 1 aromatic rings. The summed E-state index contributed by atoms with van der Waals surface area (Å²) in [6, 6.07) is 6.60. The van der Waals surface area contributed by atoms with Crippen molar-refractivity contribution in [2.75, 3.05) is 7.11 Å². The minimum Gasteiger partial charge on any atom is -0.507 e. The highest BCUT2D eigenvalue weighted by Crippen LogP contribution is 2.30. The quantitative estimate of drug-likeness (QED) is 0.887. The lowest BCUT2D eigenvalue weighted by molar-refractivity contribution is 0.0317. The average molecular weight is 278 g/mol. The Bertz CT molecular complexity index is 440. The summed E-state index contributed by atoms with van der Waals surface area (Å²) in [5, 5.41) is 12.4. The summed E-state index contributed by atoms with van der Waals surface area (Å²) in [5.74, 6) is 0.958. The number of phenolic OH excluding ortho intramolecular Hbond substituents is 1. The molecule has 1 aliphatic rings. The molecule has 0 saturated carbocycles. The van der Waals surface area contributed by atoms with Crippen LogP contribution in [0.25, 0.3) is 0 Å². The van der Waals surface area contributed by atoms with E-state index in [2.05, 4.69) is 31.2 Å². The molecule has 0 amide bonds. The zero-order valence-corrected chi connectivity index (χ0v) is 12.9. The molecule has 4 heteroatoms. The van der Waals surface area contributed by atoms with Gasteiger partial charge in [-0.3, -0.25) is 0 Å². The van der Waals surface area contributed by atoms with Crippen LogP contribution >= 0.6 is 0 Å². The van der Waals surface area contributed by atoms with Crippen LogP contribution in [0.5, 0.6) is 11.5 Å². The molecule has 3 atom stereocenters. The molecule has 3 unspecified atom stereocenters. The molecule has 0 bridgehead atoms. The van der Waals surface area contributed by atoms with Gasteiger partial charge in [0, 0.05) is 29.8 Å². The Balaban J connectivity index is 2.09. The Morgan fingerprint density at radius 1 is 1.30 bits per heavy atom. The number of phenols is 1. The van der Waals surface area contributed by atoms with E-state index in [4.69, 9.17) is 4.74 Å². The van der Waals surface area contributed by atoms with Gasteiger partial charge in [-0.05, 0) is 39.7 Å². The Kier molecular flexibility index (Phi) is 4.89. The summed E-state index contributed by atoms with van der Waals surface area (Å²) in [6.45, 7) is 6.59. The number of ether oxygens (including phenoxy) is 1. The van der Waals surface area contributed by atoms with Gasteiger partial charge in [0.05, 0.1) is 7.11 Å². The van der Waals surface area contributed by atoms with E-state index in [0.29, 0.717) is 17.8 Å². The number of nitrogens with one attached hydrogen (secondary N) is 1. The third kappa shape index (κ3) is 3.25. The van der Waals surface area contributed by atoms with Crippen molar-refractivity contribution >= 4 is 0 Å². The minimum absolute atomic E-state index is 0.0731. The second-order valence-corrected chi connectivity index (χ2v) is 5.81. The predicted molar refractivity (Wildman–Crippen MR) is 80.8 cm³/mol. The topological polar surface area (TPSA) is 44.7 Å². The number of piperidine rings is 1. The van der Waals surface area contributed by atoms with Crippen molar-refractivity contribution in [3.8, 4) is 11.5 Å². The van der Waals surface area contributed by atoms with E-state index in [1.165, 1.54) is 19.3 Å². The molecule has 1 aliphatic heterocycles. The van der Waals surface area contributed by atoms with E-state index in [1.54, 1.807) is 13.2 Å². The van der Waals surface area contributed by atoms with Gasteiger partial charge >= 0.3 is 0 Å². The first kappa shape index (κ1) is 15.1. The van der Waals surface area contributed by atoms with E-state index in [-0.39, 0.29) is 11.8 Å². The minimum atomic E-state index is 0.0731. The van der Waals surface area contributed by atoms with Crippen molar-refractivity contribution in [2.24, 2.45) is 0 Å². The van der Waals surface area contributed by atoms with Crippen molar-refractivity contribution in [3.63, 3.8) is 0 Å². The first-order valence-corrected chi connectivity index (χ1v) is 7.44. The van der Waals surface area contributed by atoms with Crippen molar-refractivity contribution < 1.29 is 9.84 Å². The number of nitrogens with zero attached hydrogens (tertiary/aromatic N) is 1. The highest BCUT2D eigenvalue weighted by atomic mass is 16.5. The first-order valence-electron chi connectivity index (χ1n) is 7.44. The second-order valence-electron chi connectivity index (χ2n) is 5.81. The molecule has 0 aromatic heterocycles. The summed E-state index contributed by atoms with van der Waals surface area (Å²) in [7, 11) is 1.60. The fourth-order valence-electron chi connectivity index (χ4n) is 2.99. The van der Waals surface area contributed by atoms with E-state index in [1.807, 2.05) is 12.1 Å². The van der Waals surface area contributed by atoms with Crippen molar-refractivity contribution in [2.45, 2.75) is 58.2 Å². The van der Waals surface area contributed by atoms with Crippen LogP contribution < -0.4 is 10.2 Å². The fraction of sp³-hybridized carbons (Fsp3) is 0.625. The van der Waals surface area contributed by atoms with Gasteiger partial charge in [-0.15, -0.1) is 0 Å². The summed E-state index contributed by atoms with van der Waals surface area (Å²) in [4.78, 5) is 0. The number of benzene rings is 1. The van der Waals surface area contributed by atoms with E-state index >= 15 is 0 Å². The number of hydrogen-bond acceptors (Lipinski definition) is 4. The average Bonchev–Trinajstić information content (AvgIpc) is 2.42. The number of rotatable bonds is 4. The largest absolute Gasteiger partial charge is 0.507 e. The highest BCUT2D eigenvalue weighted by molar-refractivity contribution is 5.41. The standard InChI is InChI=1S/C16H26N2O2/c1-11-6-5-7-12(2)18(11)17-13(3)15-9-8-14(20-4)10-16(15)19/h8-13,17,19H,5-7H2,1-4H3. The van der Waals surface area contributed by atoms with E-state index in [9.17, 15) is 5.11 Å². The second kappa shape index (κ2) is 6.46. The van der Waals surface area contributed by atoms with Gasteiger partial charge in [0.15, 0.2) is 0 Å². The molecule has 0 radical (unpaired) electrons. The SMILES string of the molecule is COc1ccc(C(C)NN2C(C)CCCC2C)c(O)c1. The molecule has 0 aliphatic carbocycles. The van der Waals surface area contributed by atoms with Crippen LogP contribution in [0.1, 0.15) is 51.6 Å². The summed E-state index contributed by atoms with van der Waals surface area (Å²) in [6.07, 6.45) is 3.74. The Morgan fingerprint density at radius 3 is 2.50 bits per heavy atom. The Hall–Kier alpha value is -1.26. The monoisotopic (exact) mass is 278 g/mol. The van der Waals surface area contributed by atoms with Crippen molar-refractivity contribution in [3.05, 3.63) is 23.8 Å². The first-order chi connectivity index (χ1) is 9.52. The zero-order chi connectivity index (χ0) is 14.7. The molecule has 2 rings (SSSR count). The van der Waals surface area contributed by atoms with Gasteiger partial charge in [-0.2, -0.15) is 0 Å². The number of aromatic hydroxyl groups is 1. The highest BCUT2D eigenvalue weighted by Gasteiger charge is 2.26. The summed E-state index contributed by atoms with van der Waals surface area (Å²) < 4.78 is 5.12. The smallest absolute Gasteiger partial charge is 0.124 e. The predicted octanol–water partition coefficient (Wildman–Crippen LogP) is 3.23. The summed E-state index contributed by atoms with van der Waals surface area (Å²) in [5.41, 5.74) is 4.44. The van der Waals surface area contributed by atoms with E-state index in [0.717, 1.165) is 5.56 Å². The number of hydrogen-bond donors (Lipinski definition) is 2. The van der Waals surface area contributed by atoms with Crippen LogP contribution in [0.2, 0.25) is 0 Å². The van der Waals surface area contributed by atoms with Crippen LogP contribution in [0.15, 0.2) is 18.2 Å². The van der Waals surface area contributed by atoms with Gasteiger partial charge in [0.25, 0.3) is 0 Å². The molecule has 1 aromatic carbocycles. The van der Waals surface area contributed by atoms with Gasteiger partial charge in [0.1, 0.15) is 11.5 Å². The van der Waals surface area contributed by atoms with Gasteiger partial charge in [-0.1, -0.05) is 12.5 Å². The van der Waals surface area contributed by atoms with Crippen LogP contribution in [-0.4, -0.2) is 29.3 Å². The molecule has 1 saturated heterocycles. The molecule has 1 fully saturated rings. The van der Waals surface area contributed by atoms with Crippen LogP contribution in [0.3, 0.4) is 0 Å². The maximum atomic E-state index is 10.1. The maximum absolute atomic E-state index is 10.1. The third-order valence-corrected chi connectivity index (χ3v) is 4.24. The molecule has 1 heterocycles. The molecule has 2 N–H and O–H groups in total. The molecule has 112 valence electrons. The van der Waals surface area contributed by atoms with Gasteiger partial charge < -0.3 is 9.84 Å². The lowest BCUT2D eigenvalue weighted by Crippen LogP contribution is -2.52. The number of hydrazine groups is 1.